The lowest BCUT2D eigenvalue weighted by molar-refractivity contribution is 0.392. The average molecular weight is 260 g/mol. The molecule has 0 heterocycles. The molecule has 0 aliphatic heterocycles. The van der Waals surface area contributed by atoms with Crippen LogP contribution in [0.3, 0.4) is 0 Å². The van der Waals surface area contributed by atoms with E-state index in [4.69, 9.17) is 9.08 Å². The van der Waals surface area contributed by atoms with Gasteiger partial charge in [0.15, 0.2) is 0 Å². The lowest BCUT2D eigenvalue weighted by Gasteiger charge is -2.13. The molecule has 0 fully saturated rings. The van der Waals surface area contributed by atoms with E-state index in [2.05, 4.69) is 0 Å². The summed E-state index contributed by atoms with van der Waals surface area (Å²) < 4.78 is 43.7. The second-order valence-electron chi connectivity index (χ2n) is 3.75. The summed E-state index contributed by atoms with van der Waals surface area (Å²) in [5.74, 6) is 0. The van der Waals surface area contributed by atoms with E-state index in [0.717, 1.165) is 0 Å². The van der Waals surface area contributed by atoms with Crippen molar-refractivity contribution in [3.8, 4) is 0 Å². The Hall–Kier alpha value is 0.1000. The van der Waals surface area contributed by atoms with Gasteiger partial charge in [0, 0.05) is 19.4 Å². The molecular formula is C8H21O5PS. The summed E-state index contributed by atoms with van der Waals surface area (Å²) in [6.45, 7) is 8.26. The van der Waals surface area contributed by atoms with Gasteiger partial charge in [0.25, 0.3) is 10.1 Å². The summed E-state index contributed by atoms with van der Waals surface area (Å²) in [6, 6.07) is 0. The van der Waals surface area contributed by atoms with Gasteiger partial charge in [0.2, 0.25) is 7.37 Å². The Morgan fingerprint density at radius 1 is 1.20 bits per heavy atom. The molecule has 0 aromatic heterocycles. The first-order chi connectivity index (χ1) is 6.45. The minimum absolute atomic E-state index is 0.146. The van der Waals surface area contributed by atoms with Gasteiger partial charge in [-0.15, -0.1) is 0 Å². The summed E-state index contributed by atoms with van der Waals surface area (Å²) in [5.41, 5.74) is 0.146. The third-order valence-corrected chi connectivity index (χ3v) is 5.69. The van der Waals surface area contributed by atoms with Gasteiger partial charge in [-0.2, -0.15) is 8.42 Å². The highest BCUT2D eigenvalue weighted by Gasteiger charge is 2.17. The van der Waals surface area contributed by atoms with Gasteiger partial charge in [-0.05, 0) is 13.8 Å². The topological polar surface area (TPSA) is 80.7 Å². The molecule has 0 aliphatic carbocycles. The smallest absolute Gasteiger partial charge is 0.267 e. The van der Waals surface area contributed by atoms with Gasteiger partial charge in [0.1, 0.15) is 0 Å². The molecule has 1 unspecified atom stereocenters. The zero-order chi connectivity index (χ0) is 12.9. The molecule has 7 heteroatoms. The van der Waals surface area contributed by atoms with Crippen LogP contribution in [0.4, 0.5) is 0 Å². The van der Waals surface area contributed by atoms with Crippen LogP contribution >= 0.6 is 7.37 Å². The lowest BCUT2D eigenvalue weighted by atomic mass is 10.6. The fourth-order valence-corrected chi connectivity index (χ4v) is 0.632. The highest BCUT2D eigenvalue weighted by molar-refractivity contribution is 7.86. The third kappa shape index (κ3) is 9.05. The van der Waals surface area contributed by atoms with Crippen LogP contribution in [0.15, 0.2) is 0 Å². The van der Waals surface area contributed by atoms with Crippen LogP contribution in [0, 0.1) is 0 Å². The predicted molar refractivity (Wildman–Crippen MR) is 62.4 cm³/mol. The van der Waals surface area contributed by atoms with Crippen molar-refractivity contribution in [2.75, 3.05) is 13.8 Å². The van der Waals surface area contributed by atoms with Crippen molar-refractivity contribution in [2.45, 2.75) is 38.6 Å². The maximum atomic E-state index is 11.1. The summed E-state index contributed by atoms with van der Waals surface area (Å²) in [5, 5.41) is -0.674. The van der Waals surface area contributed by atoms with E-state index < -0.39 is 22.7 Å². The molecule has 94 valence electrons. The largest absolute Gasteiger partial charge is 0.332 e. The summed E-state index contributed by atoms with van der Waals surface area (Å²) in [6.07, 6.45) is 0. The van der Waals surface area contributed by atoms with Crippen LogP contribution in [0.2, 0.25) is 0 Å². The van der Waals surface area contributed by atoms with Crippen LogP contribution in [0.25, 0.3) is 0 Å². The van der Waals surface area contributed by atoms with E-state index in [9.17, 15) is 13.0 Å². The van der Waals surface area contributed by atoms with Crippen LogP contribution < -0.4 is 0 Å². The molecule has 1 N–H and O–H groups in total. The Bertz CT molecular complexity index is 307. The van der Waals surface area contributed by atoms with Gasteiger partial charge < -0.3 is 4.52 Å². The Morgan fingerprint density at radius 3 is 1.47 bits per heavy atom. The fraction of sp³-hybridized carbons (Fsp3) is 1.00. The van der Waals surface area contributed by atoms with E-state index in [1.165, 1.54) is 21.0 Å². The molecule has 5 nitrogen and oxygen atoms in total. The van der Waals surface area contributed by atoms with E-state index in [-0.39, 0.29) is 5.66 Å². The molecule has 0 radical (unpaired) electrons. The maximum Gasteiger partial charge on any atom is 0.267 e. The molecule has 0 bridgehead atoms. The van der Waals surface area contributed by atoms with Crippen molar-refractivity contribution in [1.82, 2.24) is 0 Å². The highest BCUT2D eigenvalue weighted by atomic mass is 32.2. The number of rotatable bonds is 3. The second kappa shape index (κ2) is 6.63. The number of hydrogen-bond acceptors (Lipinski definition) is 4. The van der Waals surface area contributed by atoms with Crippen molar-refractivity contribution in [3.05, 3.63) is 0 Å². The Kier molecular flexibility index (Phi) is 7.74. The van der Waals surface area contributed by atoms with Crippen LogP contribution in [-0.4, -0.2) is 37.7 Å². The normalized spacial score (nSPS) is 15.8. The first kappa shape index (κ1) is 17.5. The standard InChI is InChI=1S/C5H13O2P.C3H8O3S/c1-5(2)8(4,6)7-3;1-3(2)7(4,5)6/h5H,1-4H3;3H,1-2H3,(H,4,5,6). The molecule has 15 heavy (non-hydrogen) atoms. The second-order valence-corrected chi connectivity index (χ2v) is 8.94. The van der Waals surface area contributed by atoms with Crippen molar-refractivity contribution < 1.29 is 22.1 Å². The summed E-state index contributed by atoms with van der Waals surface area (Å²) in [7, 11) is -4.50. The minimum atomic E-state index is -3.74. The molecule has 0 amide bonds. The molecule has 0 aromatic rings. The quantitative estimate of drug-likeness (QED) is 0.621. The molecular weight excluding hydrogens is 239 g/mol. The minimum Gasteiger partial charge on any atom is -0.332 e. The average Bonchev–Trinajstić information content (AvgIpc) is 2.03. The highest BCUT2D eigenvalue weighted by Crippen LogP contribution is 2.46. The lowest BCUT2D eigenvalue weighted by Crippen LogP contribution is -2.10. The molecule has 1 atom stereocenters. The molecule has 0 spiro atoms. The van der Waals surface area contributed by atoms with Crippen LogP contribution in [0.1, 0.15) is 27.7 Å². The van der Waals surface area contributed by atoms with E-state index in [1.54, 1.807) is 6.66 Å². The fourth-order valence-electron chi connectivity index (χ4n) is 0.211. The Morgan fingerprint density at radius 2 is 1.47 bits per heavy atom. The zero-order valence-corrected chi connectivity index (χ0v) is 11.8. The first-order valence-electron chi connectivity index (χ1n) is 4.54. The van der Waals surface area contributed by atoms with Crippen molar-refractivity contribution in [2.24, 2.45) is 0 Å². The van der Waals surface area contributed by atoms with E-state index in [0.29, 0.717) is 0 Å². The monoisotopic (exact) mass is 260 g/mol. The molecule has 0 saturated carbocycles. The van der Waals surface area contributed by atoms with Crippen molar-refractivity contribution in [1.29, 1.82) is 0 Å². The first-order valence-corrected chi connectivity index (χ1v) is 8.18. The number of hydrogen-bond donors (Lipinski definition) is 1. The Balaban J connectivity index is 0. The SMILES string of the molecule is CC(C)S(=O)(=O)O.COP(C)(=O)C(C)C. The Labute approximate surface area is 92.4 Å². The molecule has 0 rings (SSSR count). The maximum absolute atomic E-state index is 11.1. The molecule has 0 aliphatic rings. The van der Waals surface area contributed by atoms with E-state index in [1.807, 2.05) is 13.8 Å². The van der Waals surface area contributed by atoms with Crippen molar-refractivity contribution in [3.63, 3.8) is 0 Å². The van der Waals surface area contributed by atoms with E-state index >= 15 is 0 Å². The van der Waals surface area contributed by atoms with Gasteiger partial charge in [-0.1, -0.05) is 13.8 Å². The van der Waals surface area contributed by atoms with Gasteiger partial charge in [-0.25, -0.2) is 0 Å². The molecule has 0 saturated heterocycles. The van der Waals surface area contributed by atoms with Gasteiger partial charge in [-0.3, -0.25) is 9.12 Å². The van der Waals surface area contributed by atoms with Crippen LogP contribution in [-0.2, 0) is 19.2 Å². The molecule has 0 aromatic carbocycles. The van der Waals surface area contributed by atoms with Gasteiger partial charge in [0.05, 0.1) is 5.25 Å². The zero-order valence-electron chi connectivity index (χ0n) is 10.1. The van der Waals surface area contributed by atoms with Gasteiger partial charge >= 0.3 is 0 Å². The predicted octanol–water partition coefficient (Wildman–Crippen LogP) is 2.23. The summed E-state index contributed by atoms with van der Waals surface area (Å²) >= 11 is 0. The van der Waals surface area contributed by atoms with Crippen molar-refractivity contribution >= 4 is 17.5 Å². The van der Waals surface area contributed by atoms with Crippen LogP contribution in [0.5, 0.6) is 0 Å². The summed E-state index contributed by atoms with van der Waals surface area (Å²) in [4.78, 5) is 0. The third-order valence-electron chi connectivity index (χ3n) is 1.90.